The lowest BCUT2D eigenvalue weighted by atomic mass is 10.00. The molecule has 4 rings (SSSR count). The Bertz CT molecular complexity index is 1180. The maximum atomic E-state index is 13.5. The number of likely N-dealkylation sites (N-methyl/N-ethyl adjacent to an activating group) is 1. The number of carbonyl (C=O) groups excluding carboxylic acids is 1. The Balaban J connectivity index is 1.66. The number of rotatable bonds is 5. The van der Waals surface area contributed by atoms with E-state index in [0.717, 1.165) is 11.3 Å². The second kappa shape index (κ2) is 11.9. The maximum absolute atomic E-state index is 13.5. The third-order valence-corrected chi connectivity index (χ3v) is 6.44. The Kier molecular flexibility index (Phi) is 8.44. The van der Waals surface area contributed by atoms with Crippen LogP contribution in [0.25, 0.3) is 0 Å². The topological polar surface area (TPSA) is 64.1 Å². The largest absolute Gasteiger partial charge is 0.496 e. The second-order valence-corrected chi connectivity index (χ2v) is 9.14. The second-order valence-electron chi connectivity index (χ2n) is 9.14. The van der Waals surface area contributed by atoms with E-state index in [2.05, 4.69) is 35.9 Å². The van der Waals surface area contributed by atoms with Crippen molar-refractivity contribution in [1.29, 1.82) is 0 Å². The number of pyridine rings is 1. The Hall–Kier alpha value is -3.58. The average Bonchev–Trinajstić information content (AvgIpc) is 2.90. The number of carbonyl (C=O) groups is 1. The number of hydrogen-bond donors (Lipinski definition) is 0. The molecule has 0 radical (unpaired) electrons. The van der Waals surface area contributed by atoms with Gasteiger partial charge in [-0.25, -0.2) is 4.98 Å². The number of benzene rings is 2. The van der Waals surface area contributed by atoms with Gasteiger partial charge in [-0.3, -0.25) is 9.69 Å². The summed E-state index contributed by atoms with van der Waals surface area (Å²) in [5, 5.41) is 0. The van der Waals surface area contributed by atoms with Crippen molar-refractivity contribution in [2.45, 2.75) is 33.2 Å². The maximum Gasteiger partial charge on any atom is 0.259 e. The smallest absolute Gasteiger partial charge is 0.259 e. The molecule has 0 spiro atoms. The molecule has 7 nitrogen and oxygen atoms in total. The Morgan fingerprint density at radius 2 is 1.83 bits per heavy atom. The highest BCUT2D eigenvalue weighted by atomic mass is 16.5. The zero-order valence-corrected chi connectivity index (χ0v) is 21.6. The summed E-state index contributed by atoms with van der Waals surface area (Å²) < 4.78 is 17.9. The Labute approximate surface area is 213 Å². The predicted octanol–water partition coefficient (Wildman–Crippen LogP) is 5.36. The lowest BCUT2D eigenvalue weighted by Crippen LogP contribution is -2.39. The molecule has 7 heteroatoms. The summed E-state index contributed by atoms with van der Waals surface area (Å²) in [6.07, 6.45) is 1.63. The molecular weight excluding hydrogens is 454 g/mol. The summed E-state index contributed by atoms with van der Waals surface area (Å²) >= 11 is 0. The molecule has 190 valence electrons. The van der Waals surface area contributed by atoms with Gasteiger partial charge >= 0.3 is 0 Å². The molecule has 0 saturated carbocycles. The van der Waals surface area contributed by atoms with Crippen LogP contribution in [0.15, 0.2) is 60.8 Å². The molecule has 3 aromatic rings. The quantitative estimate of drug-likeness (QED) is 0.481. The van der Waals surface area contributed by atoms with Crippen molar-refractivity contribution in [2.75, 3.05) is 39.9 Å². The molecule has 0 bridgehead atoms. The van der Waals surface area contributed by atoms with Crippen LogP contribution in [-0.4, -0.2) is 60.6 Å². The van der Waals surface area contributed by atoms with Gasteiger partial charge in [0, 0.05) is 44.5 Å². The van der Waals surface area contributed by atoms with Crippen LogP contribution in [0.5, 0.6) is 23.1 Å². The predicted molar refractivity (Wildman–Crippen MR) is 140 cm³/mol. The number of fused-ring (bicyclic) bond motifs is 2. The van der Waals surface area contributed by atoms with E-state index in [1.54, 1.807) is 25.4 Å². The highest BCUT2D eigenvalue weighted by Gasteiger charge is 2.23. The summed E-state index contributed by atoms with van der Waals surface area (Å²) in [4.78, 5) is 22.0. The molecule has 0 atom stereocenters. The Morgan fingerprint density at radius 3 is 2.58 bits per heavy atom. The molecule has 0 fully saturated rings. The molecule has 36 heavy (non-hydrogen) atoms. The van der Waals surface area contributed by atoms with Gasteiger partial charge in [-0.15, -0.1) is 0 Å². The molecule has 1 aromatic heterocycles. The van der Waals surface area contributed by atoms with Gasteiger partial charge in [0.15, 0.2) is 11.5 Å². The summed E-state index contributed by atoms with van der Waals surface area (Å²) in [7, 11) is 1.71. The van der Waals surface area contributed by atoms with E-state index in [-0.39, 0.29) is 11.8 Å². The van der Waals surface area contributed by atoms with Gasteiger partial charge in [0.25, 0.3) is 5.91 Å². The molecule has 0 saturated heterocycles. The van der Waals surface area contributed by atoms with E-state index in [4.69, 9.17) is 14.2 Å². The zero-order chi connectivity index (χ0) is 25.5. The number of methoxy groups -OCH3 is 1. The first-order valence-electron chi connectivity index (χ1n) is 12.5. The fraction of sp³-hybridized carbons (Fsp3) is 0.379. The van der Waals surface area contributed by atoms with Gasteiger partial charge in [0.05, 0.1) is 7.11 Å². The van der Waals surface area contributed by atoms with Gasteiger partial charge in [0.2, 0.25) is 5.88 Å². The SMILES string of the molecule is CCN1CCN(Cc2cc(C(C)C)ccc2OC)CCOc2ccccc2Oc2ncccc2C1=O. The van der Waals surface area contributed by atoms with Crippen LogP contribution in [0.4, 0.5) is 0 Å². The van der Waals surface area contributed by atoms with Gasteiger partial charge < -0.3 is 19.1 Å². The van der Waals surface area contributed by atoms with E-state index in [9.17, 15) is 4.79 Å². The molecule has 1 aliphatic rings. The molecule has 0 aliphatic carbocycles. The van der Waals surface area contributed by atoms with Crippen molar-refractivity contribution in [1.82, 2.24) is 14.8 Å². The molecular formula is C29H35N3O4. The lowest BCUT2D eigenvalue weighted by molar-refractivity contribution is 0.0736. The van der Waals surface area contributed by atoms with Crippen LogP contribution < -0.4 is 14.2 Å². The van der Waals surface area contributed by atoms with E-state index >= 15 is 0 Å². The van der Waals surface area contributed by atoms with Crippen molar-refractivity contribution in [2.24, 2.45) is 0 Å². The third kappa shape index (κ3) is 5.97. The van der Waals surface area contributed by atoms with Crippen molar-refractivity contribution < 1.29 is 19.0 Å². The van der Waals surface area contributed by atoms with Gasteiger partial charge in [-0.05, 0) is 48.7 Å². The van der Waals surface area contributed by atoms with Crippen LogP contribution in [-0.2, 0) is 6.54 Å². The Morgan fingerprint density at radius 1 is 1.03 bits per heavy atom. The van der Waals surface area contributed by atoms with E-state index in [0.29, 0.717) is 62.3 Å². The molecule has 0 unspecified atom stereocenters. The normalized spacial score (nSPS) is 15.0. The first kappa shape index (κ1) is 25.5. The van der Waals surface area contributed by atoms with Crippen LogP contribution in [0.2, 0.25) is 0 Å². The summed E-state index contributed by atoms with van der Waals surface area (Å²) in [6.45, 7) is 10.1. The fourth-order valence-electron chi connectivity index (χ4n) is 4.31. The number of ether oxygens (including phenoxy) is 3. The fourth-order valence-corrected chi connectivity index (χ4v) is 4.31. The lowest BCUT2D eigenvalue weighted by Gasteiger charge is -2.28. The zero-order valence-electron chi connectivity index (χ0n) is 21.6. The average molecular weight is 490 g/mol. The molecule has 2 heterocycles. The van der Waals surface area contributed by atoms with Crippen LogP contribution >= 0.6 is 0 Å². The minimum absolute atomic E-state index is 0.0995. The van der Waals surface area contributed by atoms with Crippen LogP contribution in [0.1, 0.15) is 48.2 Å². The van der Waals surface area contributed by atoms with Gasteiger partial charge in [-0.2, -0.15) is 0 Å². The van der Waals surface area contributed by atoms with Gasteiger partial charge in [0.1, 0.15) is 17.9 Å². The third-order valence-electron chi connectivity index (χ3n) is 6.44. The number of para-hydroxylation sites is 2. The van der Waals surface area contributed by atoms with Crippen LogP contribution in [0, 0.1) is 0 Å². The minimum Gasteiger partial charge on any atom is -0.496 e. The highest BCUT2D eigenvalue weighted by Crippen LogP contribution is 2.32. The van der Waals surface area contributed by atoms with Crippen LogP contribution in [0.3, 0.4) is 0 Å². The van der Waals surface area contributed by atoms with E-state index < -0.39 is 0 Å². The van der Waals surface area contributed by atoms with Crippen molar-refractivity contribution in [3.8, 4) is 23.1 Å². The van der Waals surface area contributed by atoms with E-state index in [1.807, 2.05) is 42.2 Å². The van der Waals surface area contributed by atoms with Crippen molar-refractivity contribution in [3.63, 3.8) is 0 Å². The first-order valence-corrected chi connectivity index (χ1v) is 12.5. The molecule has 1 aliphatic heterocycles. The summed E-state index contributed by atoms with van der Waals surface area (Å²) in [5.41, 5.74) is 2.83. The number of amides is 1. The number of nitrogens with zero attached hydrogens (tertiary/aromatic N) is 3. The molecule has 2 aromatic carbocycles. The molecule has 0 N–H and O–H groups in total. The summed E-state index contributed by atoms with van der Waals surface area (Å²) in [5.74, 6) is 2.62. The first-order chi connectivity index (χ1) is 17.5. The van der Waals surface area contributed by atoms with Gasteiger partial charge in [-0.1, -0.05) is 38.1 Å². The van der Waals surface area contributed by atoms with E-state index in [1.165, 1.54) is 5.56 Å². The van der Waals surface area contributed by atoms with Crippen molar-refractivity contribution >= 4 is 5.91 Å². The standard InChI is InChI=1S/C29H35N3O4/c1-5-32-16-15-31(20-23-19-22(21(2)3)12-13-25(23)34-4)17-18-35-26-10-6-7-11-27(26)36-28-24(29(32)33)9-8-14-30-28/h6-14,19,21H,5,15-18,20H2,1-4H3. The number of aromatic nitrogens is 1. The monoisotopic (exact) mass is 489 g/mol. The molecule has 1 amide bonds. The minimum atomic E-state index is -0.0995. The van der Waals surface area contributed by atoms with Crippen molar-refractivity contribution in [3.05, 3.63) is 77.5 Å². The number of hydrogen-bond acceptors (Lipinski definition) is 6. The highest BCUT2D eigenvalue weighted by molar-refractivity contribution is 5.96. The summed E-state index contributed by atoms with van der Waals surface area (Å²) in [6, 6.07) is 17.4.